The van der Waals surface area contributed by atoms with Crippen molar-refractivity contribution in [2.24, 2.45) is 46.3 Å². The molecular weight excluding hydrogens is 689 g/mol. The third-order valence-electron chi connectivity index (χ3n) is 14.4. The normalized spacial score (nSPS) is 29.4. The van der Waals surface area contributed by atoms with Crippen LogP contribution in [-0.4, -0.2) is 25.3 Å². The van der Waals surface area contributed by atoms with Crippen LogP contribution in [0.2, 0.25) is 0 Å². The minimum Gasteiger partial charge on any atom is -0.494 e. The summed E-state index contributed by atoms with van der Waals surface area (Å²) in [6.07, 6.45) is 17.5. The van der Waals surface area contributed by atoms with Crippen LogP contribution >= 0.6 is 0 Å². The van der Waals surface area contributed by atoms with Crippen molar-refractivity contribution in [2.45, 2.75) is 132 Å². The summed E-state index contributed by atoms with van der Waals surface area (Å²) in [5, 5.41) is 0.368. The quantitative estimate of drug-likeness (QED) is 0.127. The van der Waals surface area contributed by atoms with E-state index >= 15 is 0 Å². The van der Waals surface area contributed by atoms with Crippen LogP contribution in [0.15, 0.2) is 63.3 Å². The average molecular weight is 753 g/mol. The summed E-state index contributed by atoms with van der Waals surface area (Å²) in [6.45, 7) is 16.4. The summed E-state index contributed by atoms with van der Waals surface area (Å²) in [5.41, 5.74) is 2.29. The van der Waals surface area contributed by atoms with Crippen LogP contribution in [0.1, 0.15) is 124 Å². The Labute approximate surface area is 328 Å². The van der Waals surface area contributed by atoms with Crippen molar-refractivity contribution >= 4 is 16.9 Å². The number of rotatable bonds is 13. The van der Waals surface area contributed by atoms with Crippen molar-refractivity contribution in [3.05, 3.63) is 70.1 Å². The lowest BCUT2D eigenvalue weighted by molar-refractivity contribution is -0.154. The van der Waals surface area contributed by atoms with Crippen molar-refractivity contribution in [3.63, 3.8) is 0 Å². The van der Waals surface area contributed by atoms with Gasteiger partial charge in [-0.15, -0.1) is 0 Å². The summed E-state index contributed by atoms with van der Waals surface area (Å²) < 4.78 is 29.3. The van der Waals surface area contributed by atoms with E-state index in [1.54, 1.807) is 49.4 Å². The molecule has 2 aromatic carbocycles. The molecule has 4 aliphatic rings. The zero-order chi connectivity index (χ0) is 38.9. The number of benzene rings is 2. The third kappa shape index (κ3) is 8.37. The molecule has 3 aromatic rings. The topological polar surface area (TPSA) is 84.2 Å². The van der Waals surface area contributed by atoms with E-state index in [9.17, 15) is 9.59 Å². The number of fused-ring (bicyclic) bond motifs is 6. The molecule has 298 valence electrons. The summed E-state index contributed by atoms with van der Waals surface area (Å²) >= 11 is 0. The molecule has 3 saturated carbocycles. The number of hydrogen-bond donors (Lipinski definition) is 0. The van der Waals surface area contributed by atoms with Crippen molar-refractivity contribution in [1.29, 1.82) is 0 Å². The zero-order valence-electron chi connectivity index (χ0n) is 34.4. The van der Waals surface area contributed by atoms with Crippen molar-refractivity contribution < 1.29 is 28.2 Å². The van der Waals surface area contributed by atoms with E-state index < -0.39 is 0 Å². The third-order valence-corrected chi connectivity index (χ3v) is 14.4. The molecule has 0 saturated heterocycles. The highest BCUT2D eigenvalue weighted by molar-refractivity contribution is 5.80. The Morgan fingerprint density at radius 3 is 2.44 bits per heavy atom. The molecule has 0 N–H and O–H groups in total. The Balaban J connectivity index is 0.925. The number of ether oxygens (including phenoxy) is 4. The van der Waals surface area contributed by atoms with Crippen LogP contribution in [0.5, 0.6) is 23.0 Å². The van der Waals surface area contributed by atoms with Gasteiger partial charge in [0.25, 0.3) is 0 Å². The Hall–Kier alpha value is -3.74. The van der Waals surface area contributed by atoms with Gasteiger partial charge < -0.3 is 23.4 Å². The van der Waals surface area contributed by atoms with Gasteiger partial charge in [0.2, 0.25) is 11.2 Å². The fourth-order valence-electron chi connectivity index (χ4n) is 11.3. The molecule has 7 rings (SSSR count). The summed E-state index contributed by atoms with van der Waals surface area (Å²) in [4.78, 5) is 26.4. The Kier molecular flexibility index (Phi) is 11.8. The molecular formula is C48H64O7. The lowest BCUT2D eigenvalue weighted by atomic mass is 9.44. The van der Waals surface area contributed by atoms with Crippen LogP contribution in [0.25, 0.3) is 11.0 Å². The van der Waals surface area contributed by atoms with E-state index in [1.807, 2.05) is 6.92 Å². The molecule has 1 heterocycles. The first-order valence-corrected chi connectivity index (χ1v) is 21.4. The fourth-order valence-corrected chi connectivity index (χ4v) is 11.3. The van der Waals surface area contributed by atoms with Gasteiger partial charge in [0.05, 0.1) is 12.0 Å². The van der Waals surface area contributed by atoms with Crippen molar-refractivity contribution in [3.8, 4) is 23.0 Å². The fraction of sp³-hybridized carbons (Fsp3) is 0.625. The van der Waals surface area contributed by atoms with Gasteiger partial charge in [-0.25, -0.2) is 4.79 Å². The average Bonchev–Trinajstić information content (AvgIpc) is 3.15. The van der Waals surface area contributed by atoms with Crippen LogP contribution < -0.4 is 19.6 Å². The monoisotopic (exact) mass is 752 g/mol. The number of aryl methyl sites for hydroxylation is 1. The first-order valence-electron chi connectivity index (χ1n) is 21.4. The molecule has 0 bridgehead atoms. The first kappa shape index (κ1) is 39.5. The van der Waals surface area contributed by atoms with Crippen LogP contribution in [0.3, 0.4) is 0 Å². The minimum absolute atomic E-state index is 0.125. The molecule has 0 aliphatic heterocycles. The smallest absolute Gasteiger partial charge is 0.344 e. The maximum absolute atomic E-state index is 13.3. The lowest BCUT2D eigenvalue weighted by Gasteiger charge is -2.61. The van der Waals surface area contributed by atoms with Crippen LogP contribution in [0, 0.1) is 53.3 Å². The zero-order valence-corrected chi connectivity index (χ0v) is 34.4. The maximum Gasteiger partial charge on any atom is 0.344 e. The summed E-state index contributed by atoms with van der Waals surface area (Å²) in [7, 11) is 0. The van der Waals surface area contributed by atoms with E-state index in [-0.39, 0.29) is 35.3 Å². The number of allylic oxidation sites excluding steroid dienone is 1. The highest BCUT2D eigenvalue weighted by Crippen LogP contribution is 2.65. The van der Waals surface area contributed by atoms with Gasteiger partial charge in [0.15, 0.2) is 6.61 Å². The predicted octanol–water partition coefficient (Wildman–Crippen LogP) is 12.0. The molecule has 8 unspecified atom stereocenters. The summed E-state index contributed by atoms with van der Waals surface area (Å²) in [5.74, 6) is 6.67. The number of hydrogen-bond acceptors (Lipinski definition) is 7. The second kappa shape index (κ2) is 16.4. The molecule has 0 radical (unpaired) electrons. The van der Waals surface area contributed by atoms with Crippen molar-refractivity contribution in [2.75, 3.05) is 13.2 Å². The second-order valence-corrected chi connectivity index (χ2v) is 18.4. The van der Waals surface area contributed by atoms with Crippen LogP contribution in [-0.2, 0) is 9.53 Å². The number of carbonyl (C=O) groups is 1. The largest absolute Gasteiger partial charge is 0.494 e. The molecule has 7 heteroatoms. The molecule has 4 aliphatic carbocycles. The SMILES string of the molecule is CCOc1ccc(Oc2c(C)oc3cc(OCC(=O)OC4CCC5(C)C(=CCC6C7CCC(C(C)CCCC(C)C)CC7(C)CCC65)C4)ccc3c2=O)cc1. The molecule has 55 heavy (non-hydrogen) atoms. The molecule has 0 spiro atoms. The highest BCUT2D eigenvalue weighted by atomic mass is 16.6. The van der Waals surface area contributed by atoms with E-state index in [0.29, 0.717) is 40.3 Å². The van der Waals surface area contributed by atoms with E-state index in [4.69, 9.17) is 23.4 Å². The second-order valence-electron chi connectivity index (χ2n) is 18.4. The first-order chi connectivity index (χ1) is 26.4. The number of carbonyl (C=O) groups excluding carboxylic acids is 1. The van der Waals surface area contributed by atoms with Crippen molar-refractivity contribution in [1.82, 2.24) is 0 Å². The predicted molar refractivity (Wildman–Crippen MR) is 218 cm³/mol. The Morgan fingerprint density at radius 2 is 1.67 bits per heavy atom. The highest BCUT2D eigenvalue weighted by Gasteiger charge is 2.56. The van der Waals surface area contributed by atoms with Gasteiger partial charge >= 0.3 is 5.97 Å². The standard InChI is InChI=1S/C48H64O7/c1-8-51-35-14-16-36(17-15-35)55-46-32(5)53-43-27-37(18-20-40(43)45(46)50)52-29-44(49)54-38-22-25-48(7)34(26-38)13-19-39-41-21-12-33(31(4)11-9-10-30(2)3)28-47(41,6)24-23-42(39)48/h13-18,20,27,30-31,33,38-39,41-42H,8-12,19,21-26,28-29H2,1-7H3. The minimum atomic E-state index is -0.372. The molecule has 8 atom stereocenters. The molecule has 3 fully saturated rings. The van der Waals surface area contributed by atoms with E-state index in [2.05, 4.69) is 40.7 Å². The lowest BCUT2D eigenvalue weighted by Crippen LogP contribution is -2.52. The van der Waals surface area contributed by atoms with Gasteiger partial charge in [0.1, 0.15) is 34.7 Å². The van der Waals surface area contributed by atoms with Gasteiger partial charge in [-0.05, 0) is 148 Å². The number of esters is 1. The van der Waals surface area contributed by atoms with Gasteiger partial charge in [-0.2, -0.15) is 0 Å². The molecule has 1 aromatic heterocycles. The van der Waals surface area contributed by atoms with E-state index in [1.165, 1.54) is 63.4 Å². The van der Waals surface area contributed by atoms with E-state index in [0.717, 1.165) is 60.5 Å². The Bertz CT molecular complexity index is 1910. The van der Waals surface area contributed by atoms with Gasteiger partial charge in [0, 0.05) is 12.5 Å². The Morgan fingerprint density at radius 1 is 0.909 bits per heavy atom. The van der Waals surface area contributed by atoms with Gasteiger partial charge in [-0.1, -0.05) is 65.5 Å². The summed E-state index contributed by atoms with van der Waals surface area (Å²) in [6, 6.07) is 12.1. The maximum atomic E-state index is 13.3. The van der Waals surface area contributed by atoms with Crippen LogP contribution in [0.4, 0.5) is 0 Å². The van der Waals surface area contributed by atoms with Gasteiger partial charge in [-0.3, -0.25) is 4.79 Å². The molecule has 7 nitrogen and oxygen atoms in total. The molecule has 0 amide bonds.